The summed E-state index contributed by atoms with van der Waals surface area (Å²) in [5.41, 5.74) is 2.42. The highest BCUT2D eigenvalue weighted by atomic mass is 32.3. The van der Waals surface area contributed by atoms with Crippen LogP contribution in [0.2, 0.25) is 0 Å². The van der Waals surface area contributed by atoms with E-state index in [2.05, 4.69) is 15.5 Å². The molecule has 4 N–H and O–H groups in total. The second kappa shape index (κ2) is 6.98. The first-order valence-electron chi connectivity index (χ1n) is 9.59. The summed E-state index contributed by atoms with van der Waals surface area (Å²) >= 11 is 0. The number of amides is 2. The quantitative estimate of drug-likeness (QED) is 0.491. The van der Waals surface area contributed by atoms with Crippen molar-refractivity contribution in [2.75, 3.05) is 9.62 Å². The number of hydrogen-bond acceptors (Lipinski definition) is 5. The van der Waals surface area contributed by atoms with Crippen molar-refractivity contribution in [3.8, 4) is 0 Å². The molecule has 0 bridgehead atoms. The minimum atomic E-state index is -3.43. The van der Waals surface area contributed by atoms with E-state index in [1.54, 1.807) is 48.5 Å². The van der Waals surface area contributed by atoms with Crippen LogP contribution in [0.15, 0.2) is 59.5 Å². The van der Waals surface area contributed by atoms with Gasteiger partial charge in [0.25, 0.3) is 5.91 Å². The van der Waals surface area contributed by atoms with E-state index in [1.165, 1.54) is 0 Å². The normalized spacial score (nSPS) is 18.2. The highest BCUT2D eigenvalue weighted by Crippen LogP contribution is 2.59. The summed E-state index contributed by atoms with van der Waals surface area (Å²) < 4.78 is 22.3. The predicted octanol–water partition coefficient (Wildman–Crippen LogP) is 4.15. The van der Waals surface area contributed by atoms with Crippen molar-refractivity contribution < 1.29 is 18.7 Å². The van der Waals surface area contributed by atoms with Crippen molar-refractivity contribution in [1.82, 2.24) is 10.2 Å². The van der Waals surface area contributed by atoms with E-state index in [9.17, 15) is 18.7 Å². The smallest absolute Gasteiger partial charge is 0.278 e. The largest absolute Gasteiger partial charge is 0.309 e. The van der Waals surface area contributed by atoms with E-state index >= 15 is 0 Å². The lowest BCUT2D eigenvalue weighted by molar-refractivity contribution is -0.115. The number of aromatic amines is 1. The van der Waals surface area contributed by atoms with Gasteiger partial charge in [0.15, 0.2) is 5.82 Å². The Balaban J connectivity index is 1.28. The van der Waals surface area contributed by atoms with Crippen LogP contribution in [0.25, 0.3) is 0 Å². The van der Waals surface area contributed by atoms with Gasteiger partial charge in [0, 0.05) is 17.7 Å². The summed E-state index contributed by atoms with van der Waals surface area (Å²) in [6.07, 6.45) is 2.44. The molecule has 0 radical (unpaired) electrons. The number of carbonyl (C=O) groups is 2. The first kappa shape index (κ1) is 18.9. The molecule has 8 nitrogen and oxygen atoms in total. The van der Waals surface area contributed by atoms with Crippen LogP contribution in [0.5, 0.6) is 0 Å². The standard InChI is InChI=1S/C21H20N4O4S/c26-20(22-19-12-17(23-24-19)14-7-8-14)11-13-5-9-15(10-6-13)25-21(27)16-3-1-2-4-18(16)30(25,28)29/h1-6,9-10,12,14,28-29H,7-8,11H2,(H2,22,23,24,26). The van der Waals surface area contributed by atoms with Gasteiger partial charge in [0.05, 0.1) is 22.6 Å². The van der Waals surface area contributed by atoms with E-state index in [0.29, 0.717) is 17.4 Å². The lowest BCUT2D eigenvalue weighted by atomic mass is 10.1. The highest BCUT2D eigenvalue weighted by molar-refractivity contribution is 8.26. The number of benzene rings is 2. The van der Waals surface area contributed by atoms with Gasteiger partial charge in [-0.1, -0.05) is 35.0 Å². The molecule has 1 aliphatic heterocycles. The molecule has 9 heteroatoms. The number of carbonyl (C=O) groups excluding carboxylic acids is 2. The second-order valence-corrected chi connectivity index (χ2v) is 9.33. The van der Waals surface area contributed by atoms with Crippen LogP contribution in [0.1, 0.15) is 40.4 Å². The number of nitrogens with zero attached hydrogens (tertiary/aromatic N) is 2. The molecular weight excluding hydrogens is 404 g/mol. The molecule has 2 heterocycles. The lowest BCUT2D eigenvalue weighted by Crippen LogP contribution is -2.27. The first-order valence-corrected chi connectivity index (χ1v) is 11.1. The van der Waals surface area contributed by atoms with Crippen LogP contribution in [0.4, 0.5) is 11.5 Å². The average Bonchev–Trinajstić information content (AvgIpc) is 3.44. The van der Waals surface area contributed by atoms with Crippen LogP contribution in [0, 0.1) is 0 Å². The molecule has 154 valence electrons. The maximum Gasteiger partial charge on any atom is 0.278 e. The van der Waals surface area contributed by atoms with Gasteiger partial charge >= 0.3 is 0 Å². The third kappa shape index (κ3) is 3.26. The van der Waals surface area contributed by atoms with E-state index in [0.717, 1.165) is 28.4 Å². The van der Waals surface area contributed by atoms with Gasteiger partial charge in [0.1, 0.15) is 0 Å². The van der Waals surface area contributed by atoms with Crippen LogP contribution >= 0.6 is 10.8 Å². The fourth-order valence-corrected chi connectivity index (χ4v) is 5.25. The Bertz CT molecular complexity index is 1140. The molecule has 1 aromatic heterocycles. The Kier molecular flexibility index (Phi) is 4.39. The van der Waals surface area contributed by atoms with Gasteiger partial charge in [-0.25, -0.2) is 0 Å². The van der Waals surface area contributed by atoms with E-state index < -0.39 is 16.7 Å². The minimum absolute atomic E-state index is 0.135. The third-order valence-corrected chi connectivity index (χ3v) is 7.10. The molecule has 3 aromatic rings. The van der Waals surface area contributed by atoms with Gasteiger partial charge in [-0.15, -0.1) is 0 Å². The van der Waals surface area contributed by atoms with Gasteiger partial charge < -0.3 is 5.32 Å². The van der Waals surface area contributed by atoms with E-state index in [-0.39, 0.29) is 22.8 Å². The first-order chi connectivity index (χ1) is 14.4. The Morgan fingerprint density at radius 3 is 2.60 bits per heavy atom. The van der Waals surface area contributed by atoms with Crippen molar-refractivity contribution in [2.45, 2.75) is 30.1 Å². The monoisotopic (exact) mass is 424 g/mol. The Labute approximate surface area is 174 Å². The molecule has 2 aromatic carbocycles. The zero-order chi connectivity index (χ0) is 20.9. The number of H-pyrrole nitrogens is 1. The van der Waals surface area contributed by atoms with E-state index in [1.807, 2.05) is 6.07 Å². The fourth-order valence-electron chi connectivity index (χ4n) is 3.60. The molecule has 1 aliphatic carbocycles. The number of aromatic nitrogens is 2. The molecule has 0 spiro atoms. The summed E-state index contributed by atoms with van der Waals surface area (Å²) in [7, 11) is -3.43. The molecule has 0 unspecified atom stereocenters. The Morgan fingerprint density at radius 1 is 1.17 bits per heavy atom. The maximum atomic E-state index is 12.7. The topological polar surface area (TPSA) is 119 Å². The second-order valence-electron chi connectivity index (χ2n) is 7.49. The zero-order valence-corrected chi connectivity index (χ0v) is 16.7. The van der Waals surface area contributed by atoms with Gasteiger partial charge in [-0.05, 0) is 42.7 Å². The van der Waals surface area contributed by atoms with Crippen molar-refractivity contribution in [1.29, 1.82) is 0 Å². The van der Waals surface area contributed by atoms with Crippen LogP contribution in [-0.2, 0) is 11.2 Å². The molecule has 2 amide bonds. The highest BCUT2D eigenvalue weighted by Gasteiger charge is 2.42. The molecule has 30 heavy (non-hydrogen) atoms. The number of fused-ring (bicyclic) bond motifs is 1. The third-order valence-electron chi connectivity index (χ3n) is 5.27. The number of nitrogens with one attached hydrogen (secondary N) is 2. The SMILES string of the molecule is O=C(Cc1ccc(N2C(=O)c3ccccc3S2(O)O)cc1)Nc1cc(C2CC2)[nH]n1. The molecule has 1 saturated carbocycles. The zero-order valence-electron chi connectivity index (χ0n) is 15.9. The minimum Gasteiger partial charge on any atom is -0.309 e. The molecule has 0 saturated heterocycles. The number of rotatable bonds is 5. The summed E-state index contributed by atoms with van der Waals surface area (Å²) in [5.74, 6) is 0.377. The van der Waals surface area contributed by atoms with Crippen molar-refractivity contribution >= 4 is 34.1 Å². The lowest BCUT2D eigenvalue weighted by Gasteiger charge is -2.36. The fraction of sp³-hybridized carbons (Fsp3) is 0.190. The van der Waals surface area contributed by atoms with Crippen molar-refractivity contribution in [3.05, 3.63) is 71.4 Å². The summed E-state index contributed by atoms with van der Waals surface area (Å²) in [4.78, 5) is 25.2. The van der Waals surface area contributed by atoms with Crippen molar-refractivity contribution in [2.24, 2.45) is 0 Å². The van der Waals surface area contributed by atoms with Gasteiger partial charge in [-0.3, -0.25) is 23.8 Å². The van der Waals surface area contributed by atoms with Crippen molar-refractivity contribution in [3.63, 3.8) is 0 Å². The number of hydrogen-bond donors (Lipinski definition) is 4. The molecule has 0 atom stereocenters. The van der Waals surface area contributed by atoms with Crippen LogP contribution in [0.3, 0.4) is 0 Å². The molecule has 5 rings (SSSR count). The predicted molar refractivity (Wildman–Crippen MR) is 114 cm³/mol. The van der Waals surface area contributed by atoms with E-state index in [4.69, 9.17) is 0 Å². The van der Waals surface area contributed by atoms with Gasteiger partial charge in [-0.2, -0.15) is 9.40 Å². The summed E-state index contributed by atoms with van der Waals surface area (Å²) in [5, 5.41) is 9.84. The Hall–Kier alpha value is -3.14. The molecular formula is C21H20N4O4S. The summed E-state index contributed by atoms with van der Waals surface area (Å²) in [6.45, 7) is 0. The number of anilines is 2. The Morgan fingerprint density at radius 2 is 1.90 bits per heavy atom. The van der Waals surface area contributed by atoms with Gasteiger partial charge in [0.2, 0.25) is 5.91 Å². The average molecular weight is 424 g/mol. The molecule has 2 aliphatic rings. The molecule has 1 fully saturated rings. The van der Waals surface area contributed by atoms with Crippen LogP contribution < -0.4 is 9.62 Å². The van der Waals surface area contributed by atoms with Crippen LogP contribution in [-0.4, -0.2) is 31.1 Å². The maximum absolute atomic E-state index is 12.7. The summed E-state index contributed by atoms with van der Waals surface area (Å²) in [6, 6.07) is 14.9.